The van der Waals surface area contributed by atoms with Crippen LogP contribution in [0.2, 0.25) is 0 Å². The van der Waals surface area contributed by atoms with E-state index >= 15 is 0 Å². The smallest absolute Gasteiger partial charge is 0.408 e. The van der Waals surface area contributed by atoms with Crippen LogP contribution >= 0.6 is 0 Å². The topological polar surface area (TPSA) is 196 Å². The number of rotatable bonds is 23. The molecule has 0 aliphatic heterocycles. The van der Waals surface area contributed by atoms with Gasteiger partial charge in [-0.15, -0.1) is 0 Å². The Morgan fingerprint density at radius 1 is 0.724 bits per heavy atom. The minimum Gasteiger partial charge on any atom is -0.497 e. The molecule has 0 saturated heterocycles. The highest BCUT2D eigenvalue weighted by atomic mass is 16.6. The van der Waals surface area contributed by atoms with Gasteiger partial charge in [0.2, 0.25) is 23.6 Å². The molecule has 3 aromatic carbocycles. The summed E-state index contributed by atoms with van der Waals surface area (Å²) in [5, 5.41) is 31.4. The molecule has 0 aromatic heterocycles. The van der Waals surface area contributed by atoms with E-state index in [0.29, 0.717) is 38.0 Å². The molecule has 0 radical (unpaired) electrons. The van der Waals surface area contributed by atoms with Crippen molar-refractivity contribution >= 4 is 29.7 Å². The number of ether oxygens (including phenoxy) is 2. The maximum absolute atomic E-state index is 14.4. The van der Waals surface area contributed by atoms with Gasteiger partial charge in [0.25, 0.3) is 0 Å². The first-order chi connectivity index (χ1) is 27.7. The maximum Gasteiger partial charge on any atom is 0.408 e. The monoisotopic (exact) mass is 803 g/mol. The summed E-state index contributed by atoms with van der Waals surface area (Å²) in [6.45, 7) is 5.60. The highest BCUT2D eigenvalue weighted by molar-refractivity contribution is 5.92. The summed E-state index contributed by atoms with van der Waals surface area (Å²) >= 11 is 0. The first-order valence-electron chi connectivity index (χ1n) is 19.8. The van der Waals surface area contributed by atoms with Gasteiger partial charge in [-0.1, -0.05) is 79.2 Å². The van der Waals surface area contributed by atoms with Crippen molar-refractivity contribution in [3.05, 3.63) is 102 Å². The molecule has 6 N–H and O–H groups in total. The third kappa shape index (κ3) is 17.3. The molecule has 0 aliphatic carbocycles. The third-order valence-electron chi connectivity index (χ3n) is 9.30. The van der Waals surface area contributed by atoms with Gasteiger partial charge in [-0.2, -0.15) is 0 Å². The molecule has 14 nitrogen and oxygen atoms in total. The second-order valence-corrected chi connectivity index (χ2v) is 15.2. The quantitative estimate of drug-likeness (QED) is 0.0779. The second-order valence-electron chi connectivity index (χ2n) is 15.2. The lowest BCUT2D eigenvalue weighted by atomic mass is 9.97. The van der Waals surface area contributed by atoms with Gasteiger partial charge in [-0.25, -0.2) is 4.79 Å². The Morgan fingerprint density at radius 3 is 1.90 bits per heavy atom. The number of amides is 5. The fraction of sp³-hybridized carbons (Fsp3) is 0.477. The molecular formula is C44H61N5O9. The number of nitrogens with zero attached hydrogens (tertiary/aromatic N) is 1. The van der Waals surface area contributed by atoms with Crippen LogP contribution in [0.25, 0.3) is 0 Å². The largest absolute Gasteiger partial charge is 0.497 e. The van der Waals surface area contributed by atoms with Crippen molar-refractivity contribution < 1.29 is 43.7 Å². The molecule has 4 atom stereocenters. The van der Waals surface area contributed by atoms with Crippen LogP contribution in [-0.4, -0.2) is 109 Å². The van der Waals surface area contributed by atoms with Crippen LogP contribution < -0.4 is 26.0 Å². The average molecular weight is 804 g/mol. The maximum atomic E-state index is 14.4. The summed E-state index contributed by atoms with van der Waals surface area (Å²) in [5.41, 5.74) is 1.50. The number of methoxy groups -OCH3 is 1. The predicted molar refractivity (Wildman–Crippen MR) is 221 cm³/mol. The summed E-state index contributed by atoms with van der Waals surface area (Å²) in [7, 11) is 3.05. The molecule has 0 heterocycles. The Bertz CT molecular complexity index is 1720. The molecule has 316 valence electrons. The number of aliphatic hydroxyl groups is 2. The van der Waals surface area contributed by atoms with E-state index in [-0.39, 0.29) is 44.7 Å². The minimum absolute atomic E-state index is 0.0938. The van der Waals surface area contributed by atoms with Crippen LogP contribution in [0.4, 0.5) is 4.79 Å². The number of benzene rings is 3. The number of aliphatic hydroxyl groups excluding tert-OH is 2. The Labute approximate surface area is 342 Å². The molecule has 58 heavy (non-hydrogen) atoms. The van der Waals surface area contributed by atoms with Gasteiger partial charge >= 0.3 is 6.09 Å². The van der Waals surface area contributed by atoms with Crippen molar-refractivity contribution in [2.24, 2.45) is 0 Å². The zero-order chi connectivity index (χ0) is 42.5. The van der Waals surface area contributed by atoms with E-state index in [9.17, 15) is 29.1 Å². The molecule has 3 rings (SSSR count). The van der Waals surface area contributed by atoms with E-state index < -0.39 is 53.6 Å². The van der Waals surface area contributed by atoms with Gasteiger partial charge in [-0.3, -0.25) is 19.2 Å². The van der Waals surface area contributed by atoms with Gasteiger partial charge in [0.15, 0.2) is 0 Å². The van der Waals surface area contributed by atoms with Gasteiger partial charge in [0.05, 0.1) is 32.3 Å². The molecule has 0 saturated carbocycles. The Hall–Kier alpha value is -5.47. The van der Waals surface area contributed by atoms with Crippen LogP contribution in [0.3, 0.4) is 0 Å². The fourth-order valence-corrected chi connectivity index (χ4v) is 6.22. The third-order valence-corrected chi connectivity index (χ3v) is 9.30. The highest BCUT2D eigenvalue weighted by Gasteiger charge is 2.35. The molecule has 5 amide bonds. The van der Waals surface area contributed by atoms with Gasteiger partial charge in [0.1, 0.15) is 23.4 Å². The minimum atomic E-state index is -1.28. The lowest BCUT2D eigenvalue weighted by molar-refractivity contribution is -0.141. The van der Waals surface area contributed by atoms with E-state index in [0.717, 1.165) is 16.7 Å². The number of nitrogens with one attached hydrogen (secondary N) is 4. The molecule has 0 spiro atoms. The zero-order valence-electron chi connectivity index (χ0n) is 34.4. The number of unbranched alkanes of at least 4 members (excludes halogenated alkanes) is 2. The van der Waals surface area contributed by atoms with Crippen LogP contribution in [0.5, 0.6) is 5.75 Å². The summed E-state index contributed by atoms with van der Waals surface area (Å²) in [4.78, 5) is 68.0. The van der Waals surface area contributed by atoms with E-state index in [1.165, 1.54) is 11.9 Å². The number of carbonyl (C=O) groups excluding carboxylic acids is 5. The lowest BCUT2D eigenvalue weighted by Crippen LogP contribution is -2.58. The molecule has 14 heteroatoms. The van der Waals surface area contributed by atoms with Crippen molar-refractivity contribution in [1.82, 2.24) is 26.2 Å². The highest BCUT2D eigenvalue weighted by Crippen LogP contribution is 2.18. The molecule has 3 aromatic rings. The summed E-state index contributed by atoms with van der Waals surface area (Å²) in [6.07, 6.45) is 0.333. The van der Waals surface area contributed by atoms with Crippen LogP contribution in [-0.2, 0) is 43.2 Å². The fourth-order valence-electron chi connectivity index (χ4n) is 6.22. The standard InChI is InChI=1S/C44H61N5O9/c1-44(2,3)58-43(56)48-36(28-33-20-22-34(57-5)23-21-33)42(55)49(4)37(29-32-17-11-7-12-18-32)41(54)47-35(27-31-15-9-6-10-16-31)38(51)30-40(53)45-24-14-8-13-19-39(52)46-25-26-50/h6-7,9-12,15-18,20-23,35-38,50-51H,8,13-14,19,24-30H2,1-5H3,(H,45,53)(H,46,52)(H,47,54)(H,48,56)/t35-,36+,37+,38+/m1/s1. The second kappa shape index (κ2) is 24.3. The number of hydrogen-bond donors (Lipinski definition) is 6. The van der Waals surface area contributed by atoms with Crippen LogP contribution in [0.15, 0.2) is 84.9 Å². The number of alkyl carbamates (subject to hydrolysis) is 1. The first kappa shape index (κ1) is 46.9. The van der Waals surface area contributed by atoms with Crippen molar-refractivity contribution in [2.45, 2.75) is 102 Å². The number of hydrogen-bond acceptors (Lipinski definition) is 9. The van der Waals surface area contributed by atoms with Crippen molar-refractivity contribution in [2.75, 3.05) is 33.9 Å². The molecule has 0 aliphatic rings. The van der Waals surface area contributed by atoms with E-state index in [2.05, 4.69) is 21.3 Å². The van der Waals surface area contributed by atoms with Gasteiger partial charge in [-0.05, 0) is 68.9 Å². The zero-order valence-corrected chi connectivity index (χ0v) is 34.4. The molecule has 0 bridgehead atoms. The summed E-state index contributed by atoms with van der Waals surface area (Å²) in [6, 6.07) is 22.4. The van der Waals surface area contributed by atoms with Crippen molar-refractivity contribution in [1.29, 1.82) is 0 Å². The van der Waals surface area contributed by atoms with E-state index in [4.69, 9.17) is 14.6 Å². The summed E-state index contributed by atoms with van der Waals surface area (Å²) < 4.78 is 10.8. The average Bonchev–Trinajstić information content (AvgIpc) is 3.19. The summed E-state index contributed by atoms with van der Waals surface area (Å²) in [5.74, 6) is -1.00. The molecule has 0 fully saturated rings. The van der Waals surface area contributed by atoms with Gasteiger partial charge < -0.3 is 45.9 Å². The van der Waals surface area contributed by atoms with E-state index in [1.807, 2.05) is 60.7 Å². The molecule has 0 unspecified atom stereocenters. The van der Waals surface area contributed by atoms with E-state index in [1.54, 1.807) is 52.1 Å². The van der Waals surface area contributed by atoms with Crippen molar-refractivity contribution in [3.63, 3.8) is 0 Å². The van der Waals surface area contributed by atoms with Crippen molar-refractivity contribution in [3.8, 4) is 5.75 Å². The van der Waals surface area contributed by atoms with Crippen LogP contribution in [0, 0.1) is 0 Å². The number of carbonyl (C=O) groups is 5. The normalized spacial score (nSPS) is 13.2. The molecular weight excluding hydrogens is 743 g/mol. The first-order valence-corrected chi connectivity index (χ1v) is 19.8. The Balaban J connectivity index is 1.81. The van der Waals surface area contributed by atoms with Gasteiger partial charge in [0, 0.05) is 39.4 Å². The SMILES string of the molecule is COc1ccc(C[C@H](NC(=O)OC(C)(C)C)C(=O)N(C)[C@@H](Cc2ccccc2)C(=O)N[C@H](Cc2ccccc2)[C@@H](O)CC(=O)NCCCCCC(=O)NCCO)cc1. The Morgan fingerprint density at radius 2 is 1.31 bits per heavy atom. The number of likely N-dealkylation sites (N-methyl/N-ethyl adjacent to an activating group) is 1. The lowest BCUT2D eigenvalue weighted by Gasteiger charge is -2.33. The Kier molecular flexibility index (Phi) is 19.7. The predicted octanol–water partition coefficient (Wildman–Crippen LogP) is 3.46. The van der Waals surface area contributed by atoms with Crippen LogP contribution in [0.1, 0.15) is 69.6 Å².